The quantitative estimate of drug-likeness (QED) is 0.291. The molecule has 1 N–H and O–H groups in total. The molecule has 2 aliphatic rings. The Morgan fingerprint density at radius 3 is 2.78 bits per heavy atom. The molecule has 8 nitrogen and oxygen atoms in total. The maximum atomic E-state index is 16.5. The van der Waals surface area contributed by atoms with Gasteiger partial charge >= 0.3 is 0 Å². The van der Waals surface area contributed by atoms with Crippen LogP contribution in [0.5, 0.6) is 0 Å². The number of anilines is 1. The third-order valence-electron chi connectivity index (χ3n) is 7.39. The molecule has 0 bridgehead atoms. The van der Waals surface area contributed by atoms with E-state index in [9.17, 15) is 8.78 Å². The van der Waals surface area contributed by atoms with E-state index in [0.717, 1.165) is 21.7 Å². The van der Waals surface area contributed by atoms with Gasteiger partial charge < -0.3 is 9.88 Å². The first-order valence-corrected chi connectivity index (χ1v) is 14.0. The zero-order valence-electron chi connectivity index (χ0n) is 22.3. The second kappa shape index (κ2) is 9.74. The number of rotatable bonds is 5. The lowest BCUT2D eigenvalue weighted by molar-refractivity contribution is 0.0115. The monoisotopic (exact) mass is 574 g/mol. The number of H-pyrrole nitrogens is 1. The molecule has 0 aromatic carbocycles. The molecule has 5 aromatic rings. The number of imidazole rings is 1. The van der Waals surface area contributed by atoms with E-state index in [1.54, 1.807) is 52.8 Å². The van der Waals surface area contributed by atoms with Gasteiger partial charge in [-0.1, -0.05) is 0 Å². The van der Waals surface area contributed by atoms with Crippen LogP contribution in [0, 0.1) is 12.7 Å². The van der Waals surface area contributed by atoms with Crippen molar-refractivity contribution in [1.82, 2.24) is 29.8 Å². The molecule has 7 heterocycles. The number of thiophene rings is 1. The van der Waals surface area contributed by atoms with E-state index in [4.69, 9.17) is 4.98 Å². The van der Waals surface area contributed by atoms with E-state index in [2.05, 4.69) is 24.9 Å². The first-order chi connectivity index (χ1) is 19.8. The van der Waals surface area contributed by atoms with E-state index >= 15 is 4.39 Å². The van der Waals surface area contributed by atoms with Gasteiger partial charge in [0.25, 0.3) is 5.92 Å². The molecule has 0 aliphatic carbocycles. The highest BCUT2D eigenvalue weighted by molar-refractivity contribution is 7.15. The summed E-state index contributed by atoms with van der Waals surface area (Å²) in [6, 6.07) is 7.68. The highest BCUT2D eigenvalue weighted by atomic mass is 32.1. The standard InChI is InChI=1S/C29H25F3N8S/c1-16-3-4-21(41-16)25-24-20(5-7-34-25)37-27(38-24)26-22-23(30)19(12-35-28(22)39(2)15-36-26)18-9-17(10-33-11-18)13-40-8-6-29(31,32)14-40/h3-5,7,9-12H,6,8,13-15H2,1-2H3,(H,37,38). The molecule has 0 amide bonds. The number of nitrogens with zero attached hydrogens (tertiary/aromatic N) is 7. The van der Waals surface area contributed by atoms with Gasteiger partial charge in [-0.3, -0.25) is 19.9 Å². The predicted octanol–water partition coefficient (Wildman–Crippen LogP) is 5.68. The molecule has 208 valence electrons. The molecule has 7 rings (SSSR count). The summed E-state index contributed by atoms with van der Waals surface area (Å²) in [6.45, 7) is 2.65. The smallest absolute Gasteiger partial charge is 0.261 e. The molecule has 0 atom stereocenters. The number of hydrogen-bond donors (Lipinski definition) is 1. The molecular weight excluding hydrogens is 549 g/mol. The van der Waals surface area contributed by atoms with Crippen molar-refractivity contribution in [2.45, 2.75) is 25.8 Å². The second-order valence-electron chi connectivity index (χ2n) is 10.5. The maximum Gasteiger partial charge on any atom is 0.261 e. The normalized spacial score (nSPS) is 16.8. The van der Waals surface area contributed by atoms with E-state index in [1.165, 1.54) is 11.1 Å². The number of hydrogen-bond acceptors (Lipinski definition) is 8. The second-order valence-corrected chi connectivity index (χ2v) is 11.8. The van der Waals surface area contributed by atoms with E-state index < -0.39 is 11.7 Å². The number of likely N-dealkylation sites (tertiary alicyclic amines) is 1. The molecular formula is C29H25F3N8S. The number of halogens is 3. The van der Waals surface area contributed by atoms with Crippen molar-refractivity contribution in [3.63, 3.8) is 0 Å². The first-order valence-electron chi connectivity index (χ1n) is 13.2. The van der Waals surface area contributed by atoms with Crippen molar-refractivity contribution in [2.75, 3.05) is 31.7 Å². The fraction of sp³-hybridized carbons (Fsp3) is 0.276. The van der Waals surface area contributed by atoms with Gasteiger partial charge in [0.05, 0.1) is 22.5 Å². The number of aryl methyl sites for hydroxylation is 1. The Bertz CT molecular complexity index is 1830. The number of aliphatic imine (C=N–C) groups is 1. The van der Waals surface area contributed by atoms with Crippen LogP contribution in [0.15, 0.2) is 54.0 Å². The molecule has 1 fully saturated rings. The van der Waals surface area contributed by atoms with E-state index in [0.29, 0.717) is 41.5 Å². The van der Waals surface area contributed by atoms with Crippen molar-refractivity contribution < 1.29 is 13.2 Å². The molecule has 0 saturated carbocycles. The van der Waals surface area contributed by atoms with Crippen LogP contribution in [0.2, 0.25) is 0 Å². The Hall–Kier alpha value is -4.16. The van der Waals surface area contributed by atoms with Gasteiger partial charge in [-0.15, -0.1) is 11.3 Å². The molecule has 5 aromatic heterocycles. The lowest BCUT2D eigenvalue weighted by atomic mass is 10.0. The fourth-order valence-corrected chi connectivity index (χ4v) is 6.27. The number of pyridine rings is 3. The fourth-order valence-electron chi connectivity index (χ4n) is 5.41. The number of fused-ring (bicyclic) bond motifs is 2. The SMILES string of the molecule is Cc1ccc(-c2nccc3[nH]c(C4=NCN(C)c5ncc(-c6cncc(CN7CCC(F)(F)C7)c6)c(F)c54)nc23)s1. The summed E-state index contributed by atoms with van der Waals surface area (Å²) in [4.78, 5) is 31.9. The number of nitrogens with one attached hydrogen (secondary N) is 1. The zero-order chi connectivity index (χ0) is 28.3. The molecule has 0 unspecified atom stereocenters. The van der Waals surface area contributed by atoms with Crippen LogP contribution in [0.1, 0.15) is 28.2 Å². The Balaban J connectivity index is 1.28. The molecule has 41 heavy (non-hydrogen) atoms. The largest absolute Gasteiger partial charge is 0.340 e. The molecule has 1 saturated heterocycles. The number of aromatic nitrogens is 5. The Kier molecular flexibility index (Phi) is 6.12. The van der Waals surface area contributed by atoms with Gasteiger partial charge in [0, 0.05) is 67.3 Å². The third kappa shape index (κ3) is 4.66. The van der Waals surface area contributed by atoms with E-state index in [-0.39, 0.29) is 30.8 Å². The van der Waals surface area contributed by atoms with Crippen LogP contribution in [0.25, 0.3) is 32.7 Å². The van der Waals surface area contributed by atoms with Crippen molar-refractivity contribution >= 4 is 33.9 Å². The lowest BCUT2D eigenvalue weighted by Gasteiger charge is -2.25. The average molecular weight is 575 g/mol. The van der Waals surface area contributed by atoms with Crippen LogP contribution in [0.3, 0.4) is 0 Å². The van der Waals surface area contributed by atoms with Crippen molar-refractivity contribution in [3.8, 4) is 21.7 Å². The molecule has 0 spiro atoms. The van der Waals surface area contributed by atoms with Gasteiger partial charge in [0.2, 0.25) is 0 Å². The number of aromatic amines is 1. The Labute approximate surface area is 237 Å². The maximum absolute atomic E-state index is 16.5. The van der Waals surface area contributed by atoms with E-state index in [1.807, 2.05) is 25.1 Å². The van der Waals surface area contributed by atoms with Gasteiger partial charge in [-0.05, 0) is 36.8 Å². The molecule has 2 aliphatic heterocycles. The summed E-state index contributed by atoms with van der Waals surface area (Å²) in [7, 11) is 1.80. The van der Waals surface area contributed by atoms with Crippen LogP contribution in [0.4, 0.5) is 19.0 Å². The van der Waals surface area contributed by atoms with Crippen molar-refractivity contribution in [2.24, 2.45) is 4.99 Å². The molecule has 12 heteroatoms. The zero-order valence-corrected chi connectivity index (χ0v) is 23.1. The minimum Gasteiger partial charge on any atom is -0.340 e. The summed E-state index contributed by atoms with van der Waals surface area (Å²) in [5.41, 5.74) is 4.31. The van der Waals surface area contributed by atoms with Gasteiger partial charge in [0.15, 0.2) is 5.82 Å². The minimum absolute atomic E-state index is 0.161. The van der Waals surface area contributed by atoms with Gasteiger partial charge in [0.1, 0.15) is 35.2 Å². The summed E-state index contributed by atoms with van der Waals surface area (Å²) in [5, 5.41) is 0. The Morgan fingerprint density at radius 1 is 1.12 bits per heavy atom. The van der Waals surface area contributed by atoms with Crippen LogP contribution in [-0.2, 0) is 6.54 Å². The number of alkyl halides is 2. The Morgan fingerprint density at radius 2 is 2.00 bits per heavy atom. The summed E-state index contributed by atoms with van der Waals surface area (Å²) < 4.78 is 43.9. The predicted molar refractivity (Wildman–Crippen MR) is 153 cm³/mol. The highest BCUT2D eigenvalue weighted by Gasteiger charge is 2.38. The van der Waals surface area contributed by atoms with Crippen molar-refractivity contribution in [1.29, 1.82) is 0 Å². The lowest BCUT2D eigenvalue weighted by Crippen LogP contribution is -2.29. The topological polar surface area (TPSA) is 86.2 Å². The van der Waals surface area contributed by atoms with Crippen molar-refractivity contribution in [3.05, 3.63) is 76.7 Å². The summed E-state index contributed by atoms with van der Waals surface area (Å²) in [6.07, 6.45) is 6.23. The minimum atomic E-state index is -2.68. The first kappa shape index (κ1) is 25.8. The molecule has 0 radical (unpaired) electrons. The highest BCUT2D eigenvalue weighted by Crippen LogP contribution is 2.35. The summed E-state index contributed by atoms with van der Waals surface area (Å²) >= 11 is 1.63. The van der Waals surface area contributed by atoms with Crippen LogP contribution < -0.4 is 4.90 Å². The summed E-state index contributed by atoms with van der Waals surface area (Å²) in [5.74, 6) is -2.30. The van der Waals surface area contributed by atoms with Gasteiger partial charge in [-0.2, -0.15) is 0 Å². The van der Waals surface area contributed by atoms with Crippen LogP contribution in [-0.4, -0.2) is 68.3 Å². The van der Waals surface area contributed by atoms with Gasteiger partial charge in [-0.25, -0.2) is 23.1 Å². The third-order valence-corrected chi connectivity index (χ3v) is 8.40. The van der Waals surface area contributed by atoms with Crippen LogP contribution >= 0.6 is 11.3 Å². The average Bonchev–Trinajstić information content (AvgIpc) is 3.67.